The summed E-state index contributed by atoms with van der Waals surface area (Å²) in [6.45, 7) is 0.570. The van der Waals surface area contributed by atoms with Gasteiger partial charge in [0.1, 0.15) is 0 Å². The van der Waals surface area contributed by atoms with Crippen molar-refractivity contribution in [2.75, 3.05) is 0 Å². The van der Waals surface area contributed by atoms with Crippen LogP contribution in [0.2, 0.25) is 5.02 Å². The number of hydrogen-bond acceptors (Lipinski definition) is 3. The van der Waals surface area contributed by atoms with Crippen molar-refractivity contribution in [2.24, 2.45) is 0 Å². The number of hydrogen-bond donors (Lipinski definition) is 1. The fourth-order valence-corrected chi connectivity index (χ4v) is 2.81. The van der Waals surface area contributed by atoms with E-state index in [0.29, 0.717) is 19.2 Å². The zero-order valence-corrected chi connectivity index (χ0v) is 14.2. The predicted octanol–water partition coefficient (Wildman–Crippen LogP) is 4.86. The van der Waals surface area contributed by atoms with Crippen LogP contribution in [-0.2, 0) is 11.8 Å². The average Bonchev–Trinajstić information content (AvgIpc) is 2.93. The van der Waals surface area contributed by atoms with Gasteiger partial charge in [0.25, 0.3) is 0 Å². The molecule has 0 aliphatic carbocycles. The summed E-state index contributed by atoms with van der Waals surface area (Å²) in [7, 11) is 0. The molecule has 0 aliphatic rings. The molecule has 0 saturated heterocycles. The van der Waals surface area contributed by atoms with E-state index in [9.17, 15) is 31.4 Å². The van der Waals surface area contributed by atoms with E-state index in [0.717, 1.165) is 17.0 Å². The summed E-state index contributed by atoms with van der Waals surface area (Å²) >= 11 is 5.90. The highest BCUT2D eigenvalue weighted by atomic mass is 35.5. The molecular formula is C16H10ClF6N3O. The molecule has 3 heterocycles. The minimum atomic E-state index is -5.00. The smallest absolute Gasteiger partial charge is 0.376 e. The molecule has 0 radical (unpaired) electrons. The van der Waals surface area contributed by atoms with Crippen molar-refractivity contribution in [1.82, 2.24) is 14.5 Å². The van der Waals surface area contributed by atoms with Gasteiger partial charge in [-0.3, -0.25) is 9.55 Å². The van der Waals surface area contributed by atoms with E-state index < -0.39 is 34.1 Å². The second kappa shape index (κ2) is 6.10. The molecule has 4 nitrogen and oxygen atoms in total. The van der Waals surface area contributed by atoms with Crippen LogP contribution < -0.4 is 0 Å². The number of nitrogens with zero attached hydrogens (tertiary/aromatic N) is 3. The first kappa shape index (κ1) is 19.4. The topological polar surface area (TPSA) is 50.9 Å². The van der Waals surface area contributed by atoms with Crippen molar-refractivity contribution in [3.63, 3.8) is 0 Å². The Morgan fingerprint density at radius 3 is 2.33 bits per heavy atom. The Balaban J connectivity index is 2.26. The monoisotopic (exact) mass is 409 g/mol. The fraction of sp³-hybridized carbons (Fsp3) is 0.250. The second-order valence-electron chi connectivity index (χ2n) is 5.90. The molecule has 11 heteroatoms. The summed E-state index contributed by atoms with van der Waals surface area (Å²) in [4.78, 5) is 7.40. The van der Waals surface area contributed by atoms with Gasteiger partial charge in [-0.25, -0.2) is 4.98 Å². The summed E-state index contributed by atoms with van der Waals surface area (Å²) in [6.07, 6.45) is -5.83. The van der Waals surface area contributed by atoms with Crippen LogP contribution in [0.25, 0.3) is 16.7 Å². The molecule has 3 aromatic heterocycles. The normalized spacial score (nSPS) is 15.1. The number of aromatic nitrogens is 3. The minimum absolute atomic E-state index is 0.0439. The molecule has 3 aromatic rings. The standard InChI is InChI=1S/C16H10ClF6N3O/c1-14(27,16(21,22)23)10-7-26(12-2-3-24-6-9(10)12)13-11(17)4-8(5-25-13)15(18,19)20/h2-7,27H,1H3. The molecule has 0 saturated carbocycles. The summed E-state index contributed by atoms with van der Waals surface area (Å²) in [5.41, 5.74) is -4.72. The first-order valence-electron chi connectivity index (χ1n) is 7.32. The van der Waals surface area contributed by atoms with Crippen LogP contribution in [0.15, 0.2) is 36.9 Å². The van der Waals surface area contributed by atoms with E-state index in [2.05, 4.69) is 9.97 Å². The first-order valence-corrected chi connectivity index (χ1v) is 7.69. The van der Waals surface area contributed by atoms with Gasteiger partial charge in [-0.05, 0) is 19.1 Å². The maximum atomic E-state index is 13.3. The summed E-state index contributed by atoms with van der Waals surface area (Å²) < 4.78 is 79.2. The predicted molar refractivity (Wildman–Crippen MR) is 84.5 cm³/mol. The van der Waals surface area contributed by atoms with Crippen LogP contribution in [0.3, 0.4) is 0 Å². The zero-order chi connectivity index (χ0) is 20.2. The Labute approximate surface area is 153 Å². The summed E-state index contributed by atoms with van der Waals surface area (Å²) in [5, 5.41) is 9.57. The number of aliphatic hydroxyl groups is 1. The Kier molecular flexibility index (Phi) is 4.39. The van der Waals surface area contributed by atoms with Gasteiger partial charge in [0.05, 0.1) is 16.1 Å². The summed E-state index contributed by atoms with van der Waals surface area (Å²) in [5.74, 6) is -0.218. The van der Waals surface area contributed by atoms with E-state index in [1.54, 1.807) is 0 Å². The van der Waals surface area contributed by atoms with Crippen LogP contribution in [0, 0.1) is 0 Å². The molecule has 144 valence electrons. The Hall–Kier alpha value is -2.33. The lowest BCUT2D eigenvalue weighted by Gasteiger charge is -2.25. The van der Waals surface area contributed by atoms with Crippen molar-refractivity contribution < 1.29 is 31.4 Å². The lowest BCUT2D eigenvalue weighted by atomic mass is 9.96. The SMILES string of the molecule is CC(O)(c1cn(-c2ncc(C(F)(F)F)cc2Cl)c2ccncc12)C(F)(F)F. The lowest BCUT2D eigenvalue weighted by Crippen LogP contribution is -2.39. The van der Waals surface area contributed by atoms with E-state index in [4.69, 9.17) is 11.6 Å². The molecule has 0 spiro atoms. The van der Waals surface area contributed by atoms with Gasteiger partial charge < -0.3 is 5.11 Å². The third-order valence-electron chi connectivity index (χ3n) is 4.06. The highest BCUT2D eigenvalue weighted by molar-refractivity contribution is 6.32. The third-order valence-corrected chi connectivity index (χ3v) is 4.34. The second-order valence-corrected chi connectivity index (χ2v) is 6.31. The molecule has 1 N–H and O–H groups in total. The number of pyridine rings is 2. The third kappa shape index (κ3) is 3.23. The van der Waals surface area contributed by atoms with Gasteiger partial charge in [-0.1, -0.05) is 11.6 Å². The van der Waals surface area contributed by atoms with Crippen LogP contribution in [-0.4, -0.2) is 25.8 Å². The molecule has 0 fully saturated rings. The molecule has 0 bridgehead atoms. The number of alkyl halides is 6. The van der Waals surface area contributed by atoms with Crippen molar-refractivity contribution in [1.29, 1.82) is 0 Å². The van der Waals surface area contributed by atoms with Gasteiger partial charge in [0.2, 0.25) is 0 Å². The van der Waals surface area contributed by atoms with Gasteiger partial charge in [-0.2, -0.15) is 26.3 Å². The zero-order valence-electron chi connectivity index (χ0n) is 13.4. The van der Waals surface area contributed by atoms with Gasteiger partial charge >= 0.3 is 12.4 Å². The van der Waals surface area contributed by atoms with Crippen LogP contribution in [0.4, 0.5) is 26.3 Å². The highest BCUT2D eigenvalue weighted by Crippen LogP contribution is 2.43. The van der Waals surface area contributed by atoms with Crippen molar-refractivity contribution in [3.8, 4) is 5.82 Å². The lowest BCUT2D eigenvalue weighted by molar-refractivity contribution is -0.258. The quantitative estimate of drug-likeness (QED) is 0.615. The fourth-order valence-electron chi connectivity index (χ4n) is 2.55. The van der Waals surface area contributed by atoms with E-state index in [1.165, 1.54) is 12.3 Å². The Morgan fingerprint density at radius 1 is 1.11 bits per heavy atom. The molecule has 0 aromatic carbocycles. The van der Waals surface area contributed by atoms with Crippen LogP contribution >= 0.6 is 11.6 Å². The van der Waals surface area contributed by atoms with Crippen LogP contribution in [0.5, 0.6) is 0 Å². The molecule has 0 aliphatic heterocycles. The first-order chi connectivity index (χ1) is 12.3. The van der Waals surface area contributed by atoms with Crippen molar-refractivity contribution in [3.05, 3.63) is 53.1 Å². The molecular weight excluding hydrogens is 400 g/mol. The minimum Gasteiger partial charge on any atom is -0.376 e. The number of halogens is 7. The molecule has 1 unspecified atom stereocenters. The summed E-state index contributed by atoms with van der Waals surface area (Å²) in [6, 6.07) is 1.96. The van der Waals surface area contributed by atoms with Crippen molar-refractivity contribution >= 4 is 22.5 Å². The molecule has 1 atom stereocenters. The average molecular weight is 410 g/mol. The molecule has 27 heavy (non-hydrogen) atoms. The van der Waals surface area contributed by atoms with Crippen LogP contribution in [0.1, 0.15) is 18.1 Å². The number of rotatable bonds is 2. The maximum Gasteiger partial charge on any atom is 0.421 e. The highest BCUT2D eigenvalue weighted by Gasteiger charge is 2.52. The van der Waals surface area contributed by atoms with E-state index in [1.807, 2.05) is 0 Å². The Bertz CT molecular complexity index is 1010. The van der Waals surface area contributed by atoms with E-state index in [-0.39, 0.29) is 16.7 Å². The Morgan fingerprint density at radius 2 is 1.78 bits per heavy atom. The maximum absolute atomic E-state index is 13.3. The van der Waals surface area contributed by atoms with E-state index >= 15 is 0 Å². The van der Waals surface area contributed by atoms with Gasteiger partial charge in [0, 0.05) is 35.7 Å². The van der Waals surface area contributed by atoms with Gasteiger partial charge in [-0.15, -0.1) is 0 Å². The van der Waals surface area contributed by atoms with Crippen molar-refractivity contribution in [2.45, 2.75) is 24.9 Å². The number of fused-ring (bicyclic) bond motifs is 1. The van der Waals surface area contributed by atoms with Gasteiger partial charge in [0.15, 0.2) is 11.4 Å². The largest absolute Gasteiger partial charge is 0.421 e. The molecule has 0 amide bonds. The molecule has 3 rings (SSSR count).